The lowest BCUT2D eigenvalue weighted by Crippen LogP contribution is -2.28. The number of ketones is 3. The average Bonchev–Trinajstić information content (AvgIpc) is 2.88. The molecule has 0 aromatic heterocycles. The Bertz CT molecular complexity index is 1130. The largest absolute Gasteiger partial charge is 0.507 e. The average molecular weight is 450 g/mol. The summed E-state index contributed by atoms with van der Waals surface area (Å²) in [5, 5.41) is 20.2. The Morgan fingerprint density at radius 2 is 1.73 bits per heavy atom. The fourth-order valence-corrected chi connectivity index (χ4v) is 4.42. The van der Waals surface area contributed by atoms with Gasteiger partial charge in [0.2, 0.25) is 5.78 Å². The summed E-state index contributed by atoms with van der Waals surface area (Å²) >= 11 is 0. The van der Waals surface area contributed by atoms with Crippen molar-refractivity contribution < 1.29 is 34.1 Å². The molecule has 0 aliphatic heterocycles. The topological polar surface area (TPSA) is 110 Å². The minimum absolute atomic E-state index is 0.00611. The number of aliphatic hydroxyl groups is 1. The minimum atomic E-state index is -0.566. The predicted molar refractivity (Wildman–Crippen MR) is 123 cm³/mol. The molecule has 7 nitrogen and oxygen atoms in total. The van der Waals surface area contributed by atoms with E-state index in [1.54, 1.807) is 12.1 Å². The van der Waals surface area contributed by atoms with Gasteiger partial charge in [0, 0.05) is 22.6 Å². The number of fused-ring (bicyclic) bond motifs is 3. The molecule has 0 bridgehead atoms. The molecule has 0 spiro atoms. The van der Waals surface area contributed by atoms with Crippen LogP contribution in [-0.4, -0.2) is 48.4 Å². The fourth-order valence-electron chi connectivity index (χ4n) is 4.42. The maximum absolute atomic E-state index is 13.3. The maximum Gasteiger partial charge on any atom is 0.202 e. The fraction of sp³-hybridized carbons (Fsp3) is 0.269. The molecule has 2 N–H and O–H groups in total. The Morgan fingerprint density at radius 3 is 2.30 bits per heavy atom. The number of carbonyl (C=O) groups excluding carboxylic acids is 3. The van der Waals surface area contributed by atoms with E-state index in [9.17, 15) is 24.6 Å². The van der Waals surface area contributed by atoms with Crippen LogP contribution in [0.2, 0.25) is 0 Å². The van der Waals surface area contributed by atoms with Gasteiger partial charge in [-0.1, -0.05) is 12.1 Å². The van der Waals surface area contributed by atoms with Crippen LogP contribution in [-0.2, 0) is 17.6 Å². The first-order chi connectivity index (χ1) is 15.9. The molecule has 4 rings (SSSR count). The molecule has 0 saturated carbocycles. The van der Waals surface area contributed by atoms with Gasteiger partial charge in [-0.3, -0.25) is 14.4 Å². The summed E-state index contributed by atoms with van der Waals surface area (Å²) in [5.41, 5.74) is 1.25. The van der Waals surface area contributed by atoms with Crippen LogP contribution in [0, 0.1) is 18.8 Å². The van der Waals surface area contributed by atoms with Crippen molar-refractivity contribution >= 4 is 17.3 Å². The highest BCUT2D eigenvalue weighted by atomic mass is 16.5. The molecule has 2 aliphatic carbocycles. The number of phenols is 1. The number of hydrogen-bond donors (Lipinski definition) is 2. The third-order valence-electron chi connectivity index (χ3n) is 5.82. The molecule has 0 unspecified atom stereocenters. The number of aliphatic hydroxyl groups excluding tert-OH is 1. The van der Waals surface area contributed by atoms with E-state index < -0.39 is 24.1 Å². The van der Waals surface area contributed by atoms with Crippen molar-refractivity contribution in [2.45, 2.75) is 19.3 Å². The van der Waals surface area contributed by atoms with E-state index in [1.807, 2.05) is 0 Å². The lowest BCUT2D eigenvalue weighted by Gasteiger charge is -2.30. The van der Waals surface area contributed by atoms with E-state index in [0.29, 0.717) is 24.0 Å². The molecule has 0 heterocycles. The quantitative estimate of drug-likeness (QED) is 0.465. The van der Waals surface area contributed by atoms with Crippen molar-refractivity contribution in [2.24, 2.45) is 5.92 Å². The van der Waals surface area contributed by atoms with Gasteiger partial charge < -0.3 is 19.7 Å². The zero-order valence-corrected chi connectivity index (χ0v) is 18.6. The second kappa shape index (κ2) is 10.6. The zero-order valence-electron chi connectivity index (χ0n) is 18.6. The number of ether oxygens (including phenoxy) is 2. The van der Waals surface area contributed by atoms with Gasteiger partial charge in [-0.2, -0.15) is 0 Å². The van der Waals surface area contributed by atoms with Crippen LogP contribution in [0.25, 0.3) is 0 Å². The Kier molecular flexibility index (Phi) is 8.16. The number of terminal acetylenes is 1. The molecule has 33 heavy (non-hydrogen) atoms. The highest BCUT2D eigenvalue weighted by molar-refractivity contribution is 6.31. The minimum Gasteiger partial charge on any atom is -0.507 e. The third-order valence-corrected chi connectivity index (χ3v) is 5.82. The third kappa shape index (κ3) is 4.01. The van der Waals surface area contributed by atoms with Gasteiger partial charge in [-0.25, -0.2) is 0 Å². The highest BCUT2D eigenvalue weighted by Gasteiger charge is 2.41. The summed E-state index contributed by atoms with van der Waals surface area (Å²) < 4.78 is 10.8. The number of phenolic OH excluding ortho intramolecular Hbond substituents is 1. The number of hydrogen-bond acceptors (Lipinski definition) is 7. The van der Waals surface area contributed by atoms with Crippen molar-refractivity contribution in [2.75, 3.05) is 20.8 Å². The molecular weight excluding hydrogens is 424 g/mol. The first-order valence-corrected chi connectivity index (χ1v) is 10.1. The number of benzene rings is 2. The van der Waals surface area contributed by atoms with Gasteiger partial charge in [0.1, 0.15) is 23.9 Å². The first kappa shape index (κ1) is 25.4. The van der Waals surface area contributed by atoms with Gasteiger partial charge >= 0.3 is 0 Å². The van der Waals surface area contributed by atoms with Crippen LogP contribution in [0.4, 0.5) is 0 Å². The van der Waals surface area contributed by atoms with Gasteiger partial charge in [-0.05, 0) is 25.3 Å². The van der Waals surface area contributed by atoms with Crippen LogP contribution >= 0.6 is 0 Å². The summed E-state index contributed by atoms with van der Waals surface area (Å²) in [5.74, 6) is -1.46. The number of carbonyl (C=O) groups is 3. The van der Waals surface area contributed by atoms with Crippen molar-refractivity contribution in [3.8, 4) is 30.1 Å². The Labute approximate surface area is 192 Å². The van der Waals surface area contributed by atoms with E-state index in [4.69, 9.17) is 9.47 Å². The number of rotatable bonds is 4. The molecule has 0 fully saturated rings. The molecular formula is C26H26O7. The van der Waals surface area contributed by atoms with Gasteiger partial charge in [0.05, 0.1) is 30.9 Å². The monoisotopic (exact) mass is 450 g/mol. The normalized spacial score (nSPS) is 15.4. The lowest BCUT2D eigenvalue weighted by atomic mass is 9.75. The Hall–Kier alpha value is -3.89. The molecule has 2 aliphatic rings. The standard InChI is InChI=1S/C22H20O7.C2H4.C2H2/c1-28-15-5-3-4-12-16(15)21(27)17-18(20(12)26)22(29-2)13-8-10(14(24)9-23)6-7-11(13)19(17)25;2*1-2/h3-5,10,23,25H,6-9H2,1-2H3;1-2H2;1-2H/t10-;;/m0../s1. The molecule has 0 radical (unpaired) electrons. The molecule has 2 aromatic carbocycles. The molecule has 0 saturated heterocycles. The smallest absolute Gasteiger partial charge is 0.202 e. The summed E-state index contributed by atoms with van der Waals surface area (Å²) in [6.45, 7) is 5.43. The van der Waals surface area contributed by atoms with Gasteiger partial charge in [0.25, 0.3) is 0 Å². The summed E-state index contributed by atoms with van der Waals surface area (Å²) in [6, 6.07) is 4.75. The molecule has 1 atom stereocenters. The Morgan fingerprint density at radius 1 is 1.06 bits per heavy atom. The molecule has 7 heteroatoms. The van der Waals surface area contributed by atoms with E-state index in [2.05, 4.69) is 26.0 Å². The number of methoxy groups -OCH3 is 2. The maximum atomic E-state index is 13.3. The van der Waals surface area contributed by atoms with E-state index >= 15 is 0 Å². The number of aromatic hydroxyl groups is 1. The SMILES string of the molecule is C#C.C=C.COc1cccc2c1C(=O)c1c(O)c3c(c(OC)c1C2=O)C[C@@H](C(=O)CO)CC3. The van der Waals surface area contributed by atoms with Crippen molar-refractivity contribution in [1.29, 1.82) is 0 Å². The van der Waals surface area contributed by atoms with Crippen molar-refractivity contribution in [3.63, 3.8) is 0 Å². The summed E-state index contributed by atoms with van der Waals surface area (Å²) in [4.78, 5) is 38.6. The zero-order chi connectivity index (χ0) is 24.9. The number of Topliss-reactive ketones (excluding diaryl/α,β-unsaturated/α-hetero) is 1. The van der Waals surface area contributed by atoms with E-state index in [-0.39, 0.29) is 51.7 Å². The molecule has 0 amide bonds. The van der Waals surface area contributed by atoms with Crippen molar-refractivity contribution in [3.05, 3.63) is 64.7 Å². The van der Waals surface area contributed by atoms with Crippen LogP contribution < -0.4 is 9.47 Å². The second-order valence-electron chi connectivity index (χ2n) is 7.19. The second-order valence-corrected chi connectivity index (χ2v) is 7.19. The van der Waals surface area contributed by atoms with Crippen LogP contribution in [0.5, 0.6) is 17.2 Å². The predicted octanol–water partition coefficient (Wildman–Crippen LogP) is 2.90. The van der Waals surface area contributed by atoms with Gasteiger partial charge in [0.15, 0.2) is 11.6 Å². The molecule has 172 valence electrons. The van der Waals surface area contributed by atoms with E-state index in [0.717, 1.165) is 0 Å². The lowest BCUT2D eigenvalue weighted by molar-refractivity contribution is -0.126. The first-order valence-electron chi connectivity index (χ1n) is 10.1. The highest BCUT2D eigenvalue weighted by Crippen LogP contribution is 2.47. The van der Waals surface area contributed by atoms with E-state index in [1.165, 1.54) is 20.3 Å². The van der Waals surface area contributed by atoms with Crippen LogP contribution in [0.3, 0.4) is 0 Å². The summed E-state index contributed by atoms with van der Waals surface area (Å²) in [6.07, 6.45) is 9.00. The van der Waals surface area contributed by atoms with Gasteiger partial charge in [-0.15, -0.1) is 26.0 Å². The van der Waals surface area contributed by atoms with Crippen molar-refractivity contribution in [1.82, 2.24) is 0 Å². The Balaban J connectivity index is 0.000000914. The van der Waals surface area contributed by atoms with Crippen LogP contribution in [0.15, 0.2) is 31.4 Å². The van der Waals surface area contributed by atoms with Crippen LogP contribution in [0.1, 0.15) is 49.4 Å². The molecule has 2 aromatic rings. The summed E-state index contributed by atoms with van der Waals surface area (Å²) in [7, 11) is 2.80.